The lowest BCUT2D eigenvalue weighted by molar-refractivity contribution is -0.136. The van der Waals surface area contributed by atoms with Crippen molar-refractivity contribution in [3.63, 3.8) is 0 Å². The third-order valence-electron chi connectivity index (χ3n) is 4.16. The molecule has 0 radical (unpaired) electrons. The van der Waals surface area contributed by atoms with Crippen molar-refractivity contribution in [2.45, 2.75) is 6.42 Å². The Morgan fingerprint density at radius 3 is 2.83 bits per heavy atom. The molecule has 2 aliphatic rings. The van der Waals surface area contributed by atoms with Gasteiger partial charge in [0.25, 0.3) is 0 Å². The number of esters is 1. The molecule has 0 spiro atoms. The molecule has 1 aromatic carbocycles. The predicted molar refractivity (Wildman–Crippen MR) is 90.8 cm³/mol. The van der Waals surface area contributed by atoms with E-state index in [-0.39, 0.29) is 18.2 Å². The number of aliphatic hydroxyl groups is 1. The Labute approximate surface area is 141 Å². The molecule has 5 nitrogen and oxygen atoms in total. The van der Waals surface area contributed by atoms with Gasteiger partial charge < -0.3 is 14.6 Å². The summed E-state index contributed by atoms with van der Waals surface area (Å²) >= 11 is 0. The molecule has 0 aromatic heterocycles. The first-order chi connectivity index (χ1) is 10.6. The SMILES string of the molecule is COC(=O)C1=C(O)CCN(CC2=Cc3ccc(OC)cc32)C1.Cl. The van der Waals surface area contributed by atoms with Crippen molar-refractivity contribution in [2.75, 3.05) is 33.9 Å². The fourth-order valence-corrected chi connectivity index (χ4v) is 2.88. The third kappa shape index (κ3) is 3.35. The highest BCUT2D eigenvalue weighted by Gasteiger charge is 2.27. The normalized spacial score (nSPS) is 16.7. The molecule has 1 aliphatic carbocycles. The number of nitrogens with zero attached hydrogens (tertiary/aromatic N) is 1. The molecule has 1 heterocycles. The number of ether oxygens (including phenoxy) is 2. The monoisotopic (exact) mass is 337 g/mol. The van der Waals surface area contributed by atoms with Crippen molar-refractivity contribution in [1.29, 1.82) is 0 Å². The molecular weight excluding hydrogens is 318 g/mol. The smallest absolute Gasteiger partial charge is 0.338 e. The van der Waals surface area contributed by atoms with E-state index < -0.39 is 5.97 Å². The average Bonchev–Trinajstić information content (AvgIpc) is 2.53. The molecule has 3 rings (SSSR count). The Kier molecular flexibility index (Phi) is 5.34. The van der Waals surface area contributed by atoms with Gasteiger partial charge in [-0.25, -0.2) is 4.79 Å². The van der Waals surface area contributed by atoms with E-state index in [1.807, 2.05) is 18.2 Å². The number of halogens is 1. The summed E-state index contributed by atoms with van der Waals surface area (Å²) in [7, 11) is 2.99. The molecule has 1 N–H and O–H groups in total. The van der Waals surface area contributed by atoms with Gasteiger partial charge in [-0.2, -0.15) is 0 Å². The molecule has 124 valence electrons. The molecule has 0 amide bonds. The Balaban J connectivity index is 0.00000192. The Morgan fingerprint density at radius 2 is 2.13 bits per heavy atom. The van der Waals surface area contributed by atoms with Crippen LogP contribution in [0.25, 0.3) is 11.6 Å². The standard InChI is InChI=1S/C17H19NO4.ClH/c1-21-13-4-3-11-7-12(14(11)8-13)9-18-6-5-16(19)15(10-18)17(20)22-2;/h3-4,7-8,19H,5-6,9-10H2,1-2H3;1H. The van der Waals surface area contributed by atoms with Gasteiger partial charge >= 0.3 is 5.97 Å². The van der Waals surface area contributed by atoms with Gasteiger partial charge in [-0.05, 0) is 34.9 Å². The predicted octanol–water partition coefficient (Wildman–Crippen LogP) is 2.66. The van der Waals surface area contributed by atoms with Gasteiger partial charge in [0.2, 0.25) is 0 Å². The maximum atomic E-state index is 11.7. The van der Waals surface area contributed by atoms with Crippen LogP contribution in [0.15, 0.2) is 29.5 Å². The molecule has 0 unspecified atom stereocenters. The van der Waals surface area contributed by atoms with Crippen LogP contribution in [0, 0.1) is 0 Å². The van der Waals surface area contributed by atoms with Crippen molar-refractivity contribution >= 4 is 30.0 Å². The molecule has 1 aliphatic heterocycles. The Morgan fingerprint density at radius 1 is 1.35 bits per heavy atom. The Bertz CT molecular complexity index is 681. The molecule has 0 saturated heterocycles. The summed E-state index contributed by atoms with van der Waals surface area (Å²) in [6.45, 7) is 1.88. The highest BCUT2D eigenvalue weighted by atomic mass is 35.5. The number of fused-ring (bicyclic) bond motifs is 1. The van der Waals surface area contributed by atoms with E-state index in [1.54, 1.807) is 7.11 Å². The van der Waals surface area contributed by atoms with Crippen molar-refractivity contribution in [3.8, 4) is 5.75 Å². The summed E-state index contributed by atoms with van der Waals surface area (Å²) in [6, 6.07) is 6.02. The summed E-state index contributed by atoms with van der Waals surface area (Å²) in [5, 5.41) is 9.84. The summed E-state index contributed by atoms with van der Waals surface area (Å²) in [6.07, 6.45) is 2.62. The lowest BCUT2D eigenvalue weighted by Gasteiger charge is -2.31. The van der Waals surface area contributed by atoms with E-state index in [1.165, 1.54) is 23.8 Å². The van der Waals surface area contributed by atoms with E-state index in [0.717, 1.165) is 18.8 Å². The minimum Gasteiger partial charge on any atom is -0.512 e. The topological polar surface area (TPSA) is 59.0 Å². The summed E-state index contributed by atoms with van der Waals surface area (Å²) in [5.74, 6) is 0.537. The van der Waals surface area contributed by atoms with Crippen molar-refractivity contribution in [2.24, 2.45) is 0 Å². The van der Waals surface area contributed by atoms with Crippen LogP contribution >= 0.6 is 12.4 Å². The number of carbonyl (C=O) groups is 1. The third-order valence-corrected chi connectivity index (χ3v) is 4.16. The highest BCUT2D eigenvalue weighted by Crippen LogP contribution is 2.36. The van der Waals surface area contributed by atoms with Gasteiger partial charge in [0.05, 0.1) is 19.8 Å². The van der Waals surface area contributed by atoms with Gasteiger partial charge in [-0.15, -0.1) is 12.4 Å². The fraction of sp³-hybridized carbons (Fsp3) is 0.353. The van der Waals surface area contributed by atoms with E-state index >= 15 is 0 Å². The maximum Gasteiger partial charge on any atom is 0.338 e. The van der Waals surface area contributed by atoms with Crippen LogP contribution in [0.1, 0.15) is 17.5 Å². The number of rotatable bonds is 4. The molecule has 23 heavy (non-hydrogen) atoms. The first-order valence-corrected chi connectivity index (χ1v) is 7.23. The number of benzene rings is 1. The second-order valence-electron chi connectivity index (χ2n) is 5.50. The summed E-state index contributed by atoms with van der Waals surface area (Å²) < 4.78 is 9.98. The van der Waals surface area contributed by atoms with Crippen molar-refractivity contribution in [3.05, 3.63) is 40.7 Å². The lowest BCUT2D eigenvalue weighted by Crippen LogP contribution is -2.36. The Hall–Kier alpha value is -1.98. The van der Waals surface area contributed by atoms with Gasteiger partial charge in [-0.1, -0.05) is 6.07 Å². The number of hydrogen-bond donors (Lipinski definition) is 1. The highest BCUT2D eigenvalue weighted by molar-refractivity contribution is 5.97. The molecule has 0 bridgehead atoms. The van der Waals surface area contributed by atoms with Gasteiger partial charge in [0.1, 0.15) is 11.5 Å². The first kappa shape index (κ1) is 17.4. The van der Waals surface area contributed by atoms with Gasteiger partial charge in [-0.3, -0.25) is 4.90 Å². The molecule has 0 fully saturated rings. The average molecular weight is 338 g/mol. The number of carbonyl (C=O) groups excluding carboxylic acids is 1. The summed E-state index contributed by atoms with van der Waals surface area (Å²) in [5.41, 5.74) is 3.98. The molecule has 0 saturated carbocycles. The zero-order valence-corrected chi connectivity index (χ0v) is 14.0. The minimum absolute atomic E-state index is 0. The number of aliphatic hydroxyl groups excluding tert-OH is 1. The first-order valence-electron chi connectivity index (χ1n) is 7.23. The number of methoxy groups -OCH3 is 2. The molecular formula is C17H20ClNO4. The van der Waals surface area contributed by atoms with Crippen LogP contribution < -0.4 is 4.74 Å². The fourth-order valence-electron chi connectivity index (χ4n) is 2.88. The van der Waals surface area contributed by atoms with Gasteiger partial charge in [0.15, 0.2) is 0 Å². The lowest BCUT2D eigenvalue weighted by atomic mass is 9.87. The van der Waals surface area contributed by atoms with E-state index in [9.17, 15) is 9.90 Å². The van der Waals surface area contributed by atoms with Crippen LogP contribution in [0.5, 0.6) is 5.75 Å². The van der Waals surface area contributed by atoms with E-state index in [4.69, 9.17) is 9.47 Å². The zero-order chi connectivity index (χ0) is 15.7. The molecule has 6 heteroatoms. The summed E-state index contributed by atoms with van der Waals surface area (Å²) in [4.78, 5) is 13.8. The van der Waals surface area contributed by atoms with Crippen molar-refractivity contribution in [1.82, 2.24) is 4.90 Å². The molecule has 1 aromatic rings. The van der Waals surface area contributed by atoms with Crippen LogP contribution in [0.3, 0.4) is 0 Å². The van der Waals surface area contributed by atoms with E-state index in [0.29, 0.717) is 18.5 Å². The maximum absolute atomic E-state index is 11.7. The zero-order valence-electron chi connectivity index (χ0n) is 13.2. The van der Waals surface area contributed by atoms with Crippen LogP contribution in [0.4, 0.5) is 0 Å². The largest absolute Gasteiger partial charge is 0.512 e. The second-order valence-corrected chi connectivity index (χ2v) is 5.50. The van der Waals surface area contributed by atoms with E-state index in [2.05, 4.69) is 11.0 Å². The minimum atomic E-state index is -0.452. The van der Waals surface area contributed by atoms with Crippen LogP contribution in [-0.2, 0) is 9.53 Å². The van der Waals surface area contributed by atoms with Crippen molar-refractivity contribution < 1.29 is 19.4 Å². The van der Waals surface area contributed by atoms with Gasteiger partial charge in [0, 0.05) is 26.1 Å². The second kappa shape index (κ2) is 7.06. The molecule has 0 atom stereocenters. The van der Waals surface area contributed by atoms with Crippen LogP contribution in [0.2, 0.25) is 0 Å². The quantitative estimate of drug-likeness (QED) is 0.856. The van der Waals surface area contributed by atoms with Crippen LogP contribution in [-0.4, -0.2) is 49.8 Å². The number of hydrogen-bond acceptors (Lipinski definition) is 5.